The van der Waals surface area contributed by atoms with E-state index in [-0.39, 0.29) is 22.9 Å². The summed E-state index contributed by atoms with van der Waals surface area (Å²) in [4.78, 5) is 11.0. The number of hydrogen-bond acceptors (Lipinski definition) is 1. The molecule has 3 nitrogen and oxygen atoms in total. The summed E-state index contributed by atoms with van der Waals surface area (Å²) in [6.45, 7) is 8.59. The van der Waals surface area contributed by atoms with Gasteiger partial charge in [0.25, 0.3) is 0 Å². The van der Waals surface area contributed by atoms with Crippen molar-refractivity contribution in [1.82, 2.24) is 5.32 Å². The Kier molecular flexibility index (Phi) is 14.0. The van der Waals surface area contributed by atoms with Crippen LogP contribution in [0.1, 0.15) is 45.4 Å². The van der Waals surface area contributed by atoms with Gasteiger partial charge in [-0.05, 0) is 18.9 Å². The van der Waals surface area contributed by atoms with Crippen LogP contribution in [0.3, 0.4) is 0 Å². The van der Waals surface area contributed by atoms with Crippen LogP contribution in [-0.2, 0) is 4.79 Å². The standard InChI is InChI=1S/C15H30N2O.BrH/c1-5-7-8-9-10-11-13-17(3,4)14-12-16-15(18)6-2;/h6H,2,5,7-14H2,1,3-4H3;1H. The number of carbonyl (C=O) groups excluding carboxylic acids is 1. The van der Waals surface area contributed by atoms with Crippen molar-refractivity contribution >= 4 is 5.91 Å². The molecule has 19 heavy (non-hydrogen) atoms. The molecule has 0 aliphatic heterocycles. The third-order valence-electron chi connectivity index (χ3n) is 3.32. The third-order valence-corrected chi connectivity index (χ3v) is 3.32. The van der Waals surface area contributed by atoms with E-state index in [1.165, 1.54) is 51.1 Å². The van der Waals surface area contributed by atoms with Gasteiger partial charge >= 0.3 is 0 Å². The molecule has 0 aliphatic carbocycles. The zero-order chi connectivity index (χ0) is 13.9. The Hall–Kier alpha value is -0.350. The molecule has 0 aliphatic rings. The summed E-state index contributed by atoms with van der Waals surface area (Å²) < 4.78 is 0.977. The summed E-state index contributed by atoms with van der Waals surface area (Å²) in [6, 6.07) is 0. The van der Waals surface area contributed by atoms with E-state index in [0.717, 1.165) is 17.6 Å². The number of unbranched alkanes of at least 4 members (excludes halogenated alkanes) is 5. The lowest BCUT2D eigenvalue weighted by molar-refractivity contribution is -0.889. The number of rotatable bonds is 11. The zero-order valence-electron chi connectivity index (χ0n) is 12.9. The molecule has 0 saturated heterocycles. The normalized spacial score (nSPS) is 10.7. The zero-order valence-corrected chi connectivity index (χ0v) is 14.5. The third kappa shape index (κ3) is 13.9. The van der Waals surface area contributed by atoms with Gasteiger partial charge in [-0.25, -0.2) is 0 Å². The van der Waals surface area contributed by atoms with Crippen molar-refractivity contribution in [3.63, 3.8) is 0 Å². The molecule has 0 spiro atoms. The van der Waals surface area contributed by atoms with Crippen molar-refractivity contribution in [3.8, 4) is 0 Å². The lowest BCUT2D eigenvalue weighted by Crippen LogP contribution is -3.00. The molecule has 0 fully saturated rings. The minimum absolute atomic E-state index is 0. The average molecular weight is 335 g/mol. The minimum Gasteiger partial charge on any atom is -1.00 e. The van der Waals surface area contributed by atoms with Gasteiger partial charge < -0.3 is 26.8 Å². The first-order valence-electron chi connectivity index (χ1n) is 7.24. The van der Waals surface area contributed by atoms with Crippen molar-refractivity contribution in [3.05, 3.63) is 12.7 Å². The first-order valence-corrected chi connectivity index (χ1v) is 7.24. The van der Waals surface area contributed by atoms with Crippen LogP contribution in [0.25, 0.3) is 0 Å². The first kappa shape index (κ1) is 21.0. The lowest BCUT2D eigenvalue weighted by atomic mass is 10.1. The Labute approximate surface area is 129 Å². The quantitative estimate of drug-likeness (QED) is 0.314. The summed E-state index contributed by atoms with van der Waals surface area (Å²) >= 11 is 0. The van der Waals surface area contributed by atoms with Crippen LogP contribution in [0, 0.1) is 0 Å². The maximum atomic E-state index is 11.0. The van der Waals surface area contributed by atoms with Gasteiger partial charge in [-0.2, -0.15) is 0 Å². The highest BCUT2D eigenvalue weighted by molar-refractivity contribution is 5.86. The van der Waals surface area contributed by atoms with Crippen LogP contribution in [0.15, 0.2) is 12.7 Å². The predicted molar refractivity (Wildman–Crippen MR) is 78.4 cm³/mol. The Morgan fingerprint density at radius 2 is 1.68 bits per heavy atom. The van der Waals surface area contributed by atoms with Gasteiger partial charge in [0.15, 0.2) is 0 Å². The van der Waals surface area contributed by atoms with Gasteiger partial charge in [0.1, 0.15) is 0 Å². The Balaban J connectivity index is 0. The molecule has 114 valence electrons. The van der Waals surface area contributed by atoms with Crippen LogP contribution < -0.4 is 22.3 Å². The fraction of sp³-hybridized carbons (Fsp3) is 0.800. The fourth-order valence-electron chi connectivity index (χ4n) is 1.99. The number of nitrogens with zero attached hydrogens (tertiary/aromatic N) is 1. The number of amides is 1. The fourth-order valence-corrected chi connectivity index (χ4v) is 1.99. The highest BCUT2D eigenvalue weighted by Crippen LogP contribution is 2.07. The maximum Gasteiger partial charge on any atom is 0.243 e. The molecule has 0 bridgehead atoms. The van der Waals surface area contributed by atoms with Crippen molar-refractivity contribution < 1.29 is 26.3 Å². The van der Waals surface area contributed by atoms with Crippen LogP contribution in [0.4, 0.5) is 0 Å². The number of halogens is 1. The van der Waals surface area contributed by atoms with Gasteiger partial charge in [0, 0.05) is 0 Å². The van der Waals surface area contributed by atoms with Crippen LogP contribution >= 0.6 is 0 Å². The van der Waals surface area contributed by atoms with Gasteiger partial charge in [-0.1, -0.05) is 39.2 Å². The van der Waals surface area contributed by atoms with E-state index >= 15 is 0 Å². The van der Waals surface area contributed by atoms with E-state index in [1.807, 2.05) is 0 Å². The molecule has 1 amide bonds. The van der Waals surface area contributed by atoms with Crippen molar-refractivity contribution in [2.75, 3.05) is 33.7 Å². The van der Waals surface area contributed by atoms with E-state index in [0.29, 0.717) is 0 Å². The molecule has 0 saturated carbocycles. The highest BCUT2D eigenvalue weighted by atomic mass is 79.9. The second-order valence-electron chi connectivity index (χ2n) is 5.65. The molecular formula is C15H31BrN2O. The van der Waals surface area contributed by atoms with Crippen molar-refractivity contribution in [2.45, 2.75) is 45.4 Å². The molecular weight excluding hydrogens is 304 g/mol. The highest BCUT2D eigenvalue weighted by Gasteiger charge is 2.13. The largest absolute Gasteiger partial charge is 1.00 e. The van der Waals surface area contributed by atoms with Gasteiger partial charge in [-0.15, -0.1) is 0 Å². The van der Waals surface area contributed by atoms with E-state index in [9.17, 15) is 4.79 Å². The number of carbonyl (C=O) groups is 1. The number of likely N-dealkylation sites (N-methyl/N-ethyl adjacent to an activating group) is 1. The molecule has 4 heteroatoms. The van der Waals surface area contributed by atoms with Gasteiger partial charge in [0.2, 0.25) is 5.91 Å². The molecule has 0 aromatic heterocycles. The average Bonchev–Trinajstić information content (AvgIpc) is 2.33. The minimum atomic E-state index is -0.0745. The number of hydrogen-bond donors (Lipinski definition) is 1. The molecule has 0 aromatic carbocycles. The van der Waals surface area contributed by atoms with Gasteiger partial charge in [0.05, 0.1) is 33.7 Å². The summed E-state index contributed by atoms with van der Waals surface area (Å²) in [6.07, 6.45) is 9.36. The Morgan fingerprint density at radius 1 is 1.11 bits per heavy atom. The van der Waals surface area contributed by atoms with E-state index < -0.39 is 0 Å². The van der Waals surface area contributed by atoms with E-state index in [1.54, 1.807) is 0 Å². The summed E-state index contributed by atoms with van der Waals surface area (Å²) in [5.74, 6) is -0.0745. The lowest BCUT2D eigenvalue weighted by Gasteiger charge is -2.29. The van der Waals surface area contributed by atoms with Crippen LogP contribution in [-0.4, -0.2) is 44.1 Å². The van der Waals surface area contributed by atoms with Crippen molar-refractivity contribution in [1.29, 1.82) is 0 Å². The summed E-state index contributed by atoms with van der Waals surface area (Å²) in [5, 5.41) is 2.83. The van der Waals surface area contributed by atoms with E-state index in [2.05, 4.69) is 32.9 Å². The van der Waals surface area contributed by atoms with Crippen LogP contribution in [0.2, 0.25) is 0 Å². The molecule has 1 N–H and O–H groups in total. The Morgan fingerprint density at radius 3 is 2.26 bits per heavy atom. The second-order valence-corrected chi connectivity index (χ2v) is 5.65. The topological polar surface area (TPSA) is 29.1 Å². The smallest absolute Gasteiger partial charge is 0.243 e. The first-order chi connectivity index (χ1) is 8.52. The number of nitrogens with one attached hydrogen (secondary N) is 1. The number of quaternary nitrogens is 1. The molecule has 0 rings (SSSR count). The second kappa shape index (κ2) is 12.7. The van der Waals surface area contributed by atoms with Gasteiger partial charge in [-0.3, -0.25) is 4.79 Å². The maximum absolute atomic E-state index is 11.0. The molecule has 0 heterocycles. The van der Waals surface area contributed by atoms with E-state index in [4.69, 9.17) is 0 Å². The van der Waals surface area contributed by atoms with Crippen molar-refractivity contribution in [2.24, 2.45) is 0 Å². The monoisotopic (exact) mass is 334 g/mol. The molecule has 0 unspecified atom stereocenters. The molecule has 0 aromatic rings. The predicted octanol–water partition coefficient (Wildman–Crippen LogP) is -0.270. The molecule has 0 atom stereocenters. The van der Waals surface area contributed by atoms with Crippen LogP contribution in [0.5, 0.6) is 0 Å². The summed E-state index contributed by atoms with van der Waals surface area (Å²) in [7, 11) is 4.46. The molecule has 0 radical (unpaired) electrons. The Bertz CT molecular complexity index is 242. The summed E-state index contributed by atoms with van der Waals surface area (Å²) in [5.41, 5.74) is 0. The SMILES string of the molecule is C=CC(=O)NCC[N+](C)(C)CCCCCCCC.[Br-].